The summed E-state index contributed by atoms with van der Waals surface area (Å²) in [6.07, 6.45) is 6.86. The van der Waals surface area contributed by atoms with Gasteiger partial charge in [0.1, 0.15) is 0 Å². The van der Waals surface area contributed by atoms with Crippen LogP contribution in [0.1, 0.15) is 43.5 Å². The number of hydrogen-bond acceptors (Lipinski definition) is 6. The van der Waals surface area contributed by atoms with Crippen LogP contribution in [0.2, 0.25) is 5.02 Å². The van der Waals surface area contributed by atoms with Gasteiger partial charge in [0.05, 0.1) is 53.0 Å². The molecule has 10 heteroatoms. The van der Waals surface area contributed by atoms with E-state index in [9.17, 15) is 14.9 Å². The van der Waals surface area contributed by atoms with E-state index in [1.165, 1.54) is 6.07 Å². The monoisotopic (exact) mass is 589 g/mol. The van der Waals surface area contributed by atoms with E-state index in [1.54, 1.807) is 52.2 Å². The second-order valence-electron chi connectivity index (χ2n) is 10.7. The Balaban J connectivity index is 1.44. The van der Waals surface area contributed by atoms with Crippen LogP contribution < -0.4 is 10.9 Å². The minimum absolute atomic E-state index is 0.0681. The molecule has 43 heavy (non-hydrogen) atoms. The zero-order valence-electron chi connectivity index (χ0n) is 23.7. The third kappa shape index (κ3) is 5.57. The fourth-order valence-electron chi connectivity index (χ4n) is 5.61. The molecule has 2 aromatic carbocycles. The summed E-state index contributed by atoms with van der Waals surface area (Å²) in [5.74, 6) is -0.293. The van der Waals surface area contributed by atoms with Gasteiger partial charge >= 0.3 is 0 Å². The lowest BCUT2D eigenvalue weighted by atomic mass is 9.96. The summed E-state index contributed by atoms with van der Waals surface area (Å²) in [6.45, 7) is 1.90. The Morgan fingerprint density at radius 1 is 1.00 bits per heavy atom. The van der Waals surface area contributed by atoms with Gasteiger partial charge in [0.2, 0.25) is 5.91 Å². The Bertz CT molecular complexity index is 1960. The molecule has 1 aliphatic rings. The number of nitriles is 1. The first-order valence-corrected chi connectivity index (χ1v) is 14.4. The summed E-state index contributed by atoms with van der Waals surface area (Å²) < 4.78 is 3.33. The summed E-state index contributed by atoms with van der Waals surface area (Å²) >= 11 is 6.39. The predicted octanol–water partition coefficient (Wildman–Crippen LogP) is 6.25. The Kier molecular flexibility index (Phi) is 7.61. The molecule has 0 radical (unpaired) electrons. The topological polar surface area (TPSA) is 118 Å². The molecule has 0 fully saturated rings. The van der Waals surface area contributed by atoms with Crippen molar-refractivity contribution in [3.05, 3.63) is 106 Å². The van der Waals surface area contributed by atoms with Gasteiger partial charge in [0.25, 0.3) is 5.56 Å². The standard InChI is InChI=1S/C33H28ClN7O2/c1-20-5-3-8-30(28-14-23(11-12-36-28)32-29(39-33(20)43)18-38-40(32)2)41-19-37-27(16-31(41)42)26-15-24(34)9-10-25(26)22-7-4-6-21(13-22)17-35/h4,6-7,9-16,18-20,30H,3,5,8H2,1-2H3,(H,39,43). The first-order valence-electron chi connectivity index (χ1n) is 14.0. The molecule has 2 bridgehead atoms. The number of aromatic nitrogens is 5. The lowest BCUT2D eigenvalue weighted by molar-refractivity contribution is -0.119. The number of pyridine rings is 1. The molecule has 4 heterocycles. The van der Waals surface area contributed by atoms with Crippen molar-refractivity contribution >= 4 is 23.2 Å². The van der Waals surface area contributed by atoms with Crippen LogP contribution >= 0.6 is 11.6 Å². The quantitative estimate of drug-likeness (QED) is 0.266. The van der Waals surface area contributed by atoms with Gasteiger partial charge in [-0.05, 0) is 60.4 Å². The number of aryl methyl sites for hydroxylation is 1. The van der Waals surface area contributed by atoms with Crippen LogP contribution in [-0.2, 0) is 11.8 Å². The molecule has 9 nitrogen and oxygen atoms in total. The predicted molar refractivity (Wildman–Crippen MR) is 165 cm³/mol. The summed E-state index contributed by atoms with van der Waals surface area (Å²) in [5, 5.41) is 17.3. The van der Waals surface area contributed by atoms with Crippen LogP contribution in [-0.4, -0.2) is 30.2 Å². The summed E-state index contributed by atoms with van der Waals surface area (Å²) in [5.41, 5.74) is 6.04. The highest BCUT2D eigenvalue weighted by molar-refractivity contribution is 6.31. The molecule has 0 saturated heterocycles. The van der Waals surface area contributed by atoms with Gasteiger partial charge in [-0.3, -0.25) is 23.8 Å². The molecule has 214 valence electrons. The van der Waals surface area contributed by atoms with Crippen LogP contribution in [0, 0.1) is 17.2 Å². The van der Waals surface area contributed by atoms with Crippen molar-refractivity contribution in [2.75, 3.05) is 5.32 Å². The number of benzene rings is 2. The van der Waals surface area contributed by atoms with E-state index < -0.39 is 6.04 Å². The third-order valence-electron chi connectivity index (χ3n) is 7.89. The lowest BCUT2D eigenvalue weighted by Crippen LogP contribution is -2.27. The Hall–Kier alpha value is -5.07. The van der Waals surface area contributed by atoms with Gasteiger partial charge in [0.15, 0.2) is 0 Å². The van der Waals surface area contributed by atoms with Gasteiger partial charge in [-0.1, -0.05) is 43.1 Å². The average Bonchev–Trinajstić information content (AvgIpc) is 3.38. The number of amides is 1. The van der Waals surface area contributed by atoms with Gasteiger partial charge in [-0.15, -0.1) is 0 Å². The molecule has 6 rings (SSSR count). The van der Waals surface area contributed by atoms with Crippen LogP contribution in [0.15, 0.2) is 84.2 Å². The van der Waals surface area contributed by atoms with Crippen LogP contribution in [0.25, 0.3) is 33.6 Å². The highest BCUT2D eigenvalue weighted by Gasteiger charge is 2.24. The minimum Gasteiger partial charge on any atom is -0.323 e. The van der Waals surface area contributed by atoms with E-state index in [0.29, 0.717) is 46.8 Å². The maximum atomic E-state index is 13.8. The molecule has 0 spiro atoms. The Morgan fingerprint density at radius 2 is 1.86 bits per heavy atom. The molecule has 0 aliphatic carbocycles. The smallest absolute Gasteiger partial charge is 0.254 e. The van der Waals surface area contributed by atoms with E-state index in [1.807, 2.05) is 44.3 Å². The molecule has 2 unspecified atom stereocenters. The van der Waals surface area contributed by atoms with Crippen molar-refractivity contribution < 1.29 is 4.79 Å². The zero-order chi connectivity index (χ0) is 30.1. The minimum atomic E-state index is -0.397. The number of carbonyl (C=O) groups excluding carboxylic acids is 1. The second kappa shape index (κ2) is 11.7. The van der Waals surface area contributed by atoms with Crippen molar-refractivity contribution in [1.82, 2.24) is 24.3 Å². The fraction of sp³-hybridized carbons (Fsp3) is 0.212. The van der Waals surface area contributed by atoms with Crippen LogP contribution in [0.3, 0.4) is 0 Å². The third-order valence-corrected chi connectivity index (χ3v) is 8.12. The summed E-state index contributed by atoms with van der Waals surface area (Å²) in [4.78, 5) is 36.1. The normalized spacial score (nSPS) is 16.7. The van der Waals surface area contributed by atoms with Gasteiger partial charge in [-0.25, -0.2) is 4.98 Å². The fourth-order valence-corrected chi connectivity index (χ4v) is 5.78. The highest BCUT2D eigenvalue weighted by atomic mass is 35.5. The SMILES string of the molecule is CC1CCCC(n2cnc(-c3cc(Cl)ccc3-c3cccc(C#N)c3)cc2=O)c2cc(ccn2)-c2c(cnn2C)NC1=O. The van der Waals surface area contributed by atoms with Crippen LogP contribution in [0.5, 0.6) is 0 Å². The molecule has 5 aromatic rings. The first-order chi connectivity index (χ1) is 20.8. The lowest BCUT2D eigenvalue weighted by Gasteiger charge is -2.22. The van der Waals surface area contributed by atoms with Crippen molar-refractivity contribution in [3.63, 3.8) is 0 Å². The van der Waals surface area contributed by atoms with Crippen LogP contribution in [0.4, 0.5) is 5.69 Å². The number of rotatable bonds is 3. The molecule has 0 saturated carbocycles. The molecule has 3 aromatic heterocycles. The largest absolute Gasteiger partial charge is 0.323 e. The van der Waals surface area contributed by atoms with Crippen molar-refractivity contribution in [2.45, 2.75) is 32.2 Å². The number of halogens is 1. The first kappa shape index (κ1) is 28.1. The maximum absolute atomic E-state index is 13.8. The summed E-state index contributed by atoms with van der Waals surface area (Å²) in [6, 6.07) is 19.8. The highest BCUT2D eigenvalue weighted by Crippen LogP contribution is 2.35. The van der Waals surface area contributed by atoms with E-state index in [-0.39, 0.29) is 17.4 Å². The van der Waals surface area contributed by atoms with Gasteiger partial charge in [-0.2, -0.15) is 10.4 Å². The van der Waals surface area contributed by atoms with E-state index in [4.69, 9.17) is 16.6 Å². The molecule has 2 atom stereocenters. The second-order valence-corrected chi connectivity index (χ2v) is 11.2. The zero-order valence-corrected chi connectivity index (χ0v) is 24.4. The average molecular weight is 590 g/mol. The van der Waals surface area contributed by atoms with Crippen molar-refractivity contribution in [1.29, 1.82) is 5.26 Å². The number of fused-ring (bicyclic) bond motifs is 4. The van der Waals surface area contributed by atoms with Crippen molar-refractivity contribution in [3.8, 4) is 39.7 Å². The van der Waals surface area contributed by atoms with Gasteiger partial charge < -0.3 is 5.32 Å². The molecular formula is C33H28ClN7O2. The number of nitrogens with zero attached hydrogens (tertiary/aromatic N) is 6. The number of carbonyl (C=O) groups is 1. The Morgan fingerprint density at radius 3 is 2.67 bits per heavy atom. The van der Waals surface area contributed by atoms with Crippen molar-refractivity contribution in [2.24, 2.45) is 13.0 Å². The molecule has 1 aliphatic heterocycles. The Labute approximate surface area is 253 Å². The number of anilines is 1. The number of nitrogens with one attached hydrogen (secondary N) is 1. The molecular weight excluding hydrogens is 562 g/mol. The van der Waals surface area contributed by atoms with E-state index in [0.717, 1.165) is 28.1 Å². The maximum Gasteiger partial charge on any atom is 0.254 e. The van der Waals surface area contributed by atoms with E-state index in [2.05, 4.69) is 21.5 Å². The molecule has 1 N–H and O–H groups in total. The molecule has 1 amide bonds. The van der Waals surface area contributed by atoms with Gasteiger partial charge in [0, 0.05) is 41.4 Å². The number of hydrogen-bond donors (Lipinski definition) is 1. The summed E-state index contributed by atoms with van der Waals surface area (Å²) in [7, 11) is 1.83. The van der Waals surface area contributed by atoms with E-state index >= 15 is 0 Å².